The van der Waals surface area contributed by atoms with Crippen LogP contribution in [0.15, 0.2) is 71.4 Å². The largest absolute Gasteiger partial charge is 0.465 e. The van der Waals surface area contributed by atoms with Crippen LogP contribution < -0.4 is 5.32 Å². The van der Waals surface area contributed by atoms with Crippen LogP contribution in [0.25, 0.3) is 17.2 Å². The van der Waals surface area contributed by atoms with Gasteiger partial charge in [-0.25, -0.2) is 0 Å². The number of anilines is 1. The van der Waals surface area contributed by atoms with Gasteiger partial charge in [0.25, 0.3) is 0 Å². The second kappa shape index (κ2) is 5.61. The predicted molar refractivity (Wildman–Crippen MR) is 91.1 cm³/mol. The molecule has 1 aromatic heterocycles. The van der Waals surface area contributed by atoms with Gasteiger partial charge in [0, 0.05) is 11.8 Å². The Labute approximate surface area is 134 Å². The Balaban J connectivity index is 1.51. The number of carbonyl (C=O) groups excluding carboxylic acids is 1. The molecule has 0 radical (unpaired) electrons. The lowest BCUT2D eigenvalue weighted by Gasteiger charge is -2.05. The van der Waals surface area contributed by atoms with Crippen molar-refractivity contribution in [3.8, 4) is 11.1 Å². The number of hydrogen-bond acceptors (Lipinski definition) is 2. The Morgan fingerprint density at radius 1 is 1.00 bits per heavy atom. The third-order valence-electron chi connectivity index (χ3n) is 4.00. The van der Waals surface area contributed by atoms with E-state index in [-0.39, 0.29) is 5.91 Å². The van der Waals surface area contributed by atoms with E-state index < -0.39 is 0 Å². The number of nitrogens with one attached hydrogen (secondary N) is 1. The minimum absolute atomic E-state index is 0.170. The van der Waals surface area contributed by atoms with Crippen LogP contribution in [0, 0.1) is 0 Å². The van der Waals surface area contributed by atoms with E-state index in [4.69, 9.17) is 4.42 Å². The monoisotopic (exact) mass is 301 g/mol. The molecule has 3 nitrogen and oxygen atoms in total. The molecule has 0 unspecified atom stereocenters. The van der Waals surface area contributed by atoms with Crippen LogP contribution in [-0.4, -0.2) is 5.91 Å². The van der Waals surface area contributed by atoms with Crippen molar-refractivity contribution < 1.29 is 9.21 Å². The average molecular weight is 301 g/mol. The van der Waals surface area contributed by atoms with Crippen LogP contribution in [0.3, 0.4) is 0 Å². The number of amides is 1. The van der Waals surface area contributed by atoms with Gasteiger partial charge in [0.05, 0.1) is 6.26 Å². The molecule has 4 rings (SSSR count). The Bertz CT molecular complexity index is 892. The molecule has 1 N–H and O–H groups in total. The molecule has 0 saturated carbocycles. The van der Waals surface area contributed by atoms with Gasteiger partial charge in [0.1, 0.15) is 5.76 Å². The van der Waals surface area contributed by atoms with Crippen molar-refractivity contribution in [2.24, 2.45) is 0 Å². The van der Waals surface area contributed by atoms with E-state index in [1.807, 2.05) is 12.1 Å². The SMILES string of the molecule is O=C(/C=C\c1ccco1)Nc1ccc2c(c1)Cc1ccccc1-2. The topological polar surface area (TPSA) is 42.2 Å². The van der Waals surface area contributed by atoms with Crippen LogP contribution in [0.4, 0.5) is 5.69 Å². The second-order valence-electron chi connectivity index (χ2n) is 5.54. The Morgan fingerprint density at radius 3 is 2.74 bits per heavy atom. The summed E-state index contributed by atoms with van der Waals surface area (Å²) in [4.78, 5) is 12.0. The van der Waals surface area contributed by atoms with Gasteiger partial charge in [-0.1, -0.05) is 30.3 Å². The third-order valence-corrected chi connectivity index (χ3v) is 4.00. The molecular weight excluding hydrogens is 286 g/mol. The zero-order chi connectivity index (χ0) is 15.6. The summed E-state index contributed by atoms with van der Waals surface area (Å²) in [6.07, 6.45) is 5.62. The van der Waals surface area contributed by atoms with Crippen molar-refractivity contribution in [1.82, 2.24) is 0 Å². The van der Waals surface area contributed by atoms with Gasteiger partial charge < -0.3 is 9.73 Å². The molecule has 23 heavy (non-hydrogen) atoms. The summed E-state index contributed by atoms with van der Waals surface area (Å²) in [7, 11) is 0. The first kappa shape index (κ1) is 13.6. The lowest BCUT2D eigenvalue weighted by molar-refractivity contribution is -0.111. The van der Waals surface area contributed by atoms with E-state index in [2.05, 4.69) is 35.6 Å². The molecule has 3 heteroatoms. The summed E-state index contributed by atoms with van der Waals surface area (Å²) < 4.78 is 5.16. The first-order valence-electron chi connectivity index (χ1n) is 7.53. The van der Waals surface area contributed by atoms with Gasteiger partial charge in [-0.05, 0) is 59.0 Å². The average Bonchev–Trinajstić information content (AvgIpc) is 3.20. The Kier molecular flexibility index (Phi) is 3.31. The molecule has 1 amide bonds. The highest BCUT2D eigenvalue weighted by Gasteiger charge is 2.17. The van der Waals surface area contributed by atoms with E-state index in [0.29, 0.717) is 5.76 Å². The van der Waals surface area contributed by atoms with Crippen LogP contribution in [-0.2, 0) is 11.2 Å². The molecule has 3 aromatic rings. The number of hydrogen-bond donors (Lipinski definition) is 1. The summed E-state index contributed by atoms with van der Waals surface area (Å²) >= 11 is 0. The maximum absolute atomic E-state index is 12.0. The highest BCUT2D eigenvalue weighted by molar-refractivity contribution is 6.02. The fourth-order valence-electron chi connectivity index (χ4n) is 2.95. The molecular formula is C20H15NO2. The molecule has 0 fully saturated rings. The molecule has 112 valence electrons. The highest BCUT2D eigenvalue weighted by Crippen LogP contribution is 2.37. The van der Waals surface area contributed by atoms with Gasteiger partial charge in [0.15, 0.2) is 0 Å². The van der Waals surface area contributed by atoms with E-state index >= 15 is 0 Å². The summed E-state index contributed by atoms with van der Waals surface area (Å²) in [5, 5.41) is 2.89. The minimum atomic E-state index is -0.170. The maximum Gasteiger partial charge on any atom is 0.248 e. The molecule has 1 aliphatic carbocycles. The van der Waals surface area contributed by atoms with E-state index in [1.165, 1.54) is 28.3 Å². The zero-order valence-corrected chi connectivity index (χ0v) is 12.5. The zero-order valence-electron chi connectivity index (χ0n) is 12.5. The van der Waals surface area contributed by atoms with Crippen molar-refractivity contribution in [3.63, 3.8) is 0 Å². The molecule has 1 heterocycles. The number of fused-ring (bicyclic) bond motifs is 3. The Morgan fingerprint density at radius 2 is 1.87 bits per heavy atom. The van der Waals surface area contributed by atoms with Gasteiger partial charge in [0.2, 0.25) is 5.91 Å². The lowest BCUT2D eigenvalue weighted by atomic mass is 10.1. The quantitative estimate of drug-likeness (QED) is 0.566. The van der Waals surface area contributed by atoms with Crippen LogP contribution >= 0.6 is 0 Å². The predicted octanol–water partition coefficient (Wildman–Crippen LogP) is 4.50. The number of benzene rings is 2. The second-order valence-corrected chi connectivity index (χ2v) is 5.54. The van der Waals surface area contributed by atoms with Crippen molar-refractivity contribution in [1.29, 1.82) is 0 Å². The smallest absolute Gasteiger partial charge is 0.248 e. The Hall–Kier alpha value is -3.07. The van der Waals surface area contributed by atoms with Crippen LogP contribution in [0.2, 0.25) is 0 Å². The molecule has 0 atom stereocenters. The number of rotatable bonds is 3. The maximum atomic E-state index is 12.0. The fourth-order valence-corrected chi connectivity index (χ4v) is 2.95. The minimum Gasteiger partial charge on any atom is -0.465 e. The lowest BCUT2D eigenvalue weighted by Crippen LogP contribution is -2.07. The van der Waals surface area contributed by atoms with Gasteiger partial charge in [-0.2, -0.15) is 0 Å². The fraction of sp³-hybridized carbons (Fsp3) is 0.0500. The highest BCUT2D eigenvalue weighted by atomic mass is 16.3. The van der Waals surface area contributed by atoms with Crippen LogP contribution in [0.5, 0.6) is 0 Å². The van der Waals surface area contributed by atoms with Gasteiger partial charge in [-0.3, -0.25) is 4.79 Å². The van der Waals surface area contributed by atoms with Gasteiger partial charge >= 0.3 is 0 Å². The normalized spacial score (nSPS) is 12.2. The van der Waals surface area contributed by atoms with Gasteiger partial charge in [-0.15, -0.1) is 0 Å². The van der Waals surface area contributed by atoms with Crippen molar-refractivity contribution in [3.05, 3.63) is 83.8 Å². The number of furan rings is 1. The third kappa shape index (κ3) is 2.69. The first-order valence-corrected chi connectivity index (χ1v) is 7.53. The molecule has 0 saturated heterocycles. The summed E-state index contributed by atoms with van der Waals surface area (Å²) in [5.41, 5.74) is 5.94. The van der Waals surface area contributed by atoms with Crippen molar-refractivity contribution in [2.75, 3.05) is 5.32 Å². The molecule has 0 aliphatic heterocycles. The standard InChI is InChI=1S/C20H15NO2/c22-20(10-8-17-5-3-11-23-17)21-16-7-9-19-15(13-16)12-14-4-1-2-6-18(14)19/h1-11,13H,12H2,(H,21,22)/b10-8-. The van der Waals surface area contributed by atoms with E-state index in [0.717, 1.165) is 12.1 Å². The molecule has 0 bridgehead atoms. The summed E-state index contributed by atoms with van der Waals surface area (Å²) in [5.74, 6) is 0.487. The van der Waals surface area contributed by atoms with Crippen molar-refractivity contribution >= 4 is 17.7 Å². The molecule has 0 spiro atoms. The summed E-state index contributed by atoms with van der Waals surface area (Å²) in [6.45, 7) is 0. The van der Waals surface area contributed by atoms with Crippen molar-refractivity contribution in [2.45, 2.75) is 6.42 Å². The summed E-state index contributed by atoms with van der Waals surface area (Å²) in [6, 6.07) is 18.1. The molecule has 1 aliphatic rings. The first-order chi connectivity index (χ1) is 11.3. The van der Waals surface area contributed by atoms with E-state index in [9.17, 15) is 4.79 Å². The van der Waals surface area contributed by atoms with E-state index in [1.54, 1.807) is 24.5 Å². The van der Waals surface area contributed by atoms with Crippen LogP contribution in [0.1, 0.15) is 16.9 Å². The molecule has 2 aromatic carbocycles. The number of carbonyl (C=O) groups is 1.